The lowest BCUT2D eigenvalue weighted by Gasteiger charge is -2.26. The highest BCUT2D eigenvalue weighted by atomic mass is 79.9. The zero-order valence-corrected chi connectivity index (χ0v) is 15.5. The van der Waals surface area contributed by atoms with E-state index in [0.717, 1.165) is 19.0 Å². The third kappa shape index (κ3) is 4.82. The summed E-state index contributed by atoms with van der Waals surface area (Å²) in [6.07, 6.45) is 12.9. The van der Waals surface area contributed by atoms with Crippen LogP contribution in [0.4, 0.5) is 0 Å². The molecule has 0 saturated heterocycles. The van der Waals surface area contributed by atoms with Gasteiger partial charge < -0.3 is 5.32 Å². The van der Waals surface area contributed by atoms with Crippen LogP contribution in [0.1, 0.15) is 56.6 Å². The Morgan fingerprint density at radius 2 is 2.23 bits per heavy atom. The molecule has 22 heavy (non-hydrogen) atoms. The third-order valence-electron chi connectivity index (χ3n) is 4.54. The van der Waals surface area contributed by atoms with Gasteiger partial charge in [0.25, 0.3) is 0 Å². The van der Waals surface area contributed by atoms with Crippen molar-refractivity contribution in [3.8, 4) is 0 Å². The average molecular weight is 362 g/mol. The lowest BCUT2D eigenvalue weighted by Crippen LogP contribution is -2.19. The molecule has 0 aromatic heterocycles. The van der Waals surface area contributed by atoms with Gasteiger partial charge >= 0.3 is 0 Å². The molecule has 0 unspecified atom stereocenters. The van der Waals surface area contributed by atoms with Gasteiger partial charge in [-0.25, -0.2) is 0 Å². The van der Waals surface area contributed by atoms with Gasteiger partial charge in [0.1, 0.15) is 0 Å². The Bertz CT molecular complexity index is 531. The van der Waals surface area contributed by atoms with E-state index in [2.05, 4.69) is 71.5 Å². The maximum atomic E-state index is 3.76. The van der Waals surface area contributed by atoms with E-state index < -0.39 is 0 Å². The van der Waals surface area contributed by atoms with Gasteiger partial charge in [0, 0.05) is 11.0 Å². The topological polar surface area (TPSA) is 12.0 Å². The van der Waals surface area contributed by atoms with Gasteiger partial charge in [-0.15, -0.1) is 0 Å². The van der Waals surface area contributed by atoms with Crippen LogP contribution >= 0.6 is 15.9 Å². The fourth-order valence-electron chi connectivity index (χ4n) is 3.41. The summed E-state index contributed by atoms with van der Waals surface area (Å²) in [5.41, 5.74) is 4.51. The minimum absolute atomic E-state index is 0.734. The molecule has 0 amide bonds. The molecular weight excluding hydrogens is 334 g/mol. The Hall–Kier alpha value is -0.860. The summed E-state index contributed by atoms with van der Waals surface area (Å²) >= 11 is 3.76. The molecule has 1 aromatic rings. The van der Waals surface area contributed by atoms with Crippen LogP contribution in [0.3, 0.4) is 0 Å². The molecule has 2 rings (SSSR count). The molecule has 1 atom stereocenters. The highest BCUT2D eigenvalue weighted by Crippen LogP contribution is 2.38. The molecule has 0 spiro atoms. The van der Waals surface area contributed by atoms with E-state index in [1.807, 2.05) is 0 Å². The summed E-state index contributed by atoms with van der Waals surface area (Å²) in [4.78, 5) is 0. The number of hydrogen-bond acceptors (Lipinski definition) is 1. The number of fused-ring (bicyclic) bond motifs is 1. The first-order chi connectivity index (χ1) is 10.8. The normalized spacial score (nSPS) is 18.7. The van der Waals surface area contributed by atoms with Crippen LogP contribution in [0.15, 0.2) is 46.5 Å². The number of halogens is 1. The van der Waals surface area contributed by atoms with Crippen molar-refractivity contribution >= 4 is 15.9 Å². The van der Waals surface area contributed by atoms with E-state index in [4.69, 9.17) is 0 Å². The van der Waals surface area contributed by atoms with Crippen molar-refractivity contribution in [2.75, 3.05) is 13.1 Å². The van der Waals surface area contributed by atoms with Crippen LogP contribution in [0.25, 0.3) is 0 Å². The molecule has 0 aliphatic heterocycles. The van der Waals surface area contributed by atoms with Crippen LogP contribution in [-0.2, 0) is 6.42 Å². The third-order valence-corrected chi connectivity index (χ3v) is 5.23. The minimum Gasteiger partial charge on any atom is -0.313 e. The molecule has 0 radical (unpaired) electrons. The van der Waals surface area contributed by atoms with Gasteiger partial charge in [0.15, 0.2) is 0 Å². The van der Waals surface area contributed by atoms with Crippen LogP contribution in [0, 0.1) is 0 Å². The number of nitrogens with one attached hydrogen (secondary N) is 1. The highest BCUT2D eigenvalue weighted by Gasteiger charge is 2.21. The minimum atomic E-state index is 0.734. The first-order valence-electron chi connectivity index (χ1n) is 8.52. The second kappa shape index (κ2) is 9.32. The van der Waals surface area contributed by atoms with E-state index >= 15 is 0 Å². The Morgan fingerprint density at radius 1 is 1.36 bits per heavy atom. The summed E-state index contributed by atoms with van der Waals surface area (Å²) in [5.74, 6) is 0.734. The van der Waals surface area contributed by atoms with Crippen molar-refractivity contribution in [3.05, 3.63) is 57.6 Å². The van der Waals surface area contributed by atoms with Gasteiger partial charge in [0.05, 0.1) is 0 Å². The average Bonchev–Trinajstić information content (AvgIpc) is 2.53. The van der Waals surface area contributed by atoms with E-state index in [0.29, 0.717) is 0 Å². The zero-order valence-electron chi connectivity index (χ0n) is 13.9. The maximum Gasteiger partial charge on any atom is 0.0212 e. The van der Waals surface area contributed by atoms with E-state index in [1.165, 1.54) is 42.1 Å². The Balaban J connectivity index is 1.79. The molecule has 1 aliphatic carbocycles. The van der Waals surface area contributed by atoms with Crippen molar-refractivity contribution < 1.29 is 0 Å². The van der Waals surface area contributed by atoms with Gasteiger partial charge in [0.2, 0.25) is 0 Å². The molecule has 1 aromatic carbocycles. The van der Waals surface area contributed by atoms with Gasteiger partial charge in [-0.05, 0) is 81.2 Å². The SMILES string of the molecule is C/C=C\C(=C/C)CNCCC[C@H]1CCCc2cccc(Br)c21. The summed E-state index contributed by atoms with van der Waals surface area (Å²) in [5, 5.41) is 3.57. The monoisotopic (exact) mass is 361 g/mol. The lowest BCUT2D eigenvalue weighted by molar-refractivity contribution is 0.494. The van der Waals surface area contributed by atoms with Crippen LogP contribution in [-0.4, -0.2) is 13.1 Å². The number of aryl methyl sites for hydroxylation is 1. The Labute approximate surface area is 144 Å². The van der Waals surface area contributed by atoms with Gasteiger partial charge in [-0.3, -0.25) is 0 Å². The molecule has 1 aliphatic rings. The molecule has 1 N–H and O–H groups in total. The second-order valence-electron chi connectivity index (χ2n) is 6.08. The zero-order chi connectivity index (χ0) is 15.8. The predicted octanol–water partition coefficient (Wildman–Crippen LogP) is 5.76. The molecular formula is C20H28BrN. The van der Waals surface area contributed by atoms with Crippen molar-refractivity contribution in [2.45, 2.75) is 51.9 Å². The second-order valence-corrected chi connectivity index (χ2v) is 6.94. The molecule has 0 bridgehead atoms. The standard InChI is InChI=1S/C20H28BrN/c1-3-8-16(4-2)15-22-14-7-12-18-10-5-9-17-11-6-13-19(21)20(17)18/h3-4,6,8,11,13,18,22H,5,7,9-10,12,14-15H2,1-2H3/b8-3-,16-4+/t18-/m1/s1. The first kappa shape index (κ1) is 17.5. The van der Waals surface area contributed by atoms with E-state index in [9.17, 15) is 0 Å². The molecule has 2 heteroatoms. The van der Waals surface area contributed by atoms with Gasteiger partial charge in [-0.1, -0.05) is 46.3 Å². The number of benzene rings is 1. The number of rotatable bonds is 7. The fraction of sp³-hybridized carbons (Fsp3) is 0.500. The van der Waals surface area contributed by atoms with Crippen molar-refractivity contribution in [3.63, 3.8) is 0 Å². The number of allylic oxidation sites excluding steroid dienone is 2. The molecule has 1 nitrogen and oxygen atoms in total. The first-order valence-corrected chi connectivity index (χ1v) is 9.31. The smallest absolute Gasteiger partial charge is 0.0212 e. The van der Waals surface area contributed by atoms with E-state index in [1.54, 1.807) is 11.1 Å². The van der Waals surface area contributed by atoms with Crippen molar-refractivity contribution in [1.82, 2.24) is 5.32 Å². The van der Waals surface area contributed by atoms with Crippen molar-refractivity contribution in [1.29, 1.82) is 0 Å². The van der Waals surface area contributed by atoms with Crippen LogP contribution in [0.5, 0.6) is 0 Å². The summed E-state index contributed by atoms with van der Waals surface area (Å²) in [6.45, 7) is 6.26. The predicted molar refractivity (Wildman–Crippen MR) is 100 cm³/mol. The molecule has 120 valence electrons. The highest BCUT2D eigenvalue weighted by molar-refractivity contribution is 9.10. The van der Waals surface area contributed by atoms with Crippen LogP contribution < -0.4 is 5.32 Å². The largest absolute Gasteiger partial charge is 0.313 e. The molecule has 0 fully saturated rings. The maximum absolute atomic E-state index is 3.76. The quantitative estimate of drug-likeness (QED) is 0.480. The molecule has 0 saturated carbocycles. The van der Waals surface area contributed by atoms with E-state index in [-0.39, 0.29) is 0 Å². The summed E-state index contributed by atoms with van der Waals surface area (Å²) < 4.78 is 1.31. The van der Waals surface area contributed by atoms with Gasteiger partial charge in [-0.2, -0.15) is 0 Å². The Morgan fingerprint density at radius 3 is 3.00 bits per heavy atom. The molecule has 0 heterocycles. The lowest BCUT2D eigenvalue weighted by atomic mass is 9.80. The fourth-order valence-corrected chi connectivity index (χ4v) is 4.14. The number of hydrogen-bond donors (Lipinski definition) is 1. The Kier molecular flexibility index (Phi) is 7.41. The van der Waals surface area contributed by atoms with Crippen molar-refractivity contribution in [2.24, 2.45) is 0 Å². The van der Waals surface area contributed by atoms with Crippen LogP contribution in [0.2, 0.25) is 0 Å². The summed E-state index contributed by atoms with van der Waals surface area (Å²) in [6, 6.07) is 6.68. The summed E-state index contributed by atoms with van der Waals surface area (Å²) in [7, 11) is 0.